The molecular weight excluding hydrogens is 194 g/mol. The van der Waals surface area contributed by atoms with Crippen LogP contribution in [0.3, 0.4) is 0 Å². The summed E-state index contributed by atoms with van der Waals surface area (Å²) < 4.78 is 0. The zero-order valence-electron chi connectivity index (χ0n) is 8.47. The minimum absolute atomic E-state index is 0.0138. The second kappa shape index (κ2) is 3.72. The highest BCUT2D eigenvalue weighted by molar-refractivity contribution is 5.85. The van der Waals surface area contributed by atoms with Crippen LogP contribution in [0, 0.1) is 0 Å². The molecule has 0 aliphatic carbocycles. The Bertz CT molecular complexity index is 363. The molecule has 1 saturated heterocycles. The van der Waals surface area contributed by atoms with Gasteiger partial charge in [-0.15, -0.1) is 0 Å². The maximum absolute atomic E-state index is 11.4. The fourth-order valence-electron chi connectivity index (χ4n) is 1.57. The third-order valence-electron chi connectivity index (χ3n) is 2.45. The molecule has 80 valence electrons. The van der Waals surface area contributed by atoms with Gasteiger partial charge in [0.15, 0.2) is 0 Å². The number of nitrogens with one attached hydrogen (secondary N) is 1. The molecule has 1 aromatic heterocycles. The van der Waals surface area contributed by atoms with Gasteiger partial charge in [-0.3, -0.25) is 4.79 Å². The van der Waals surface area contributed by atoms with Crippen LogP contribution >= 0.6 is 0 Å². The van der Waals surface area contributed by atoms with Crippen molar-refractivity contribution in [3.63, 3.8) is 0 Å². The molecule has 0 radical (unpaired) electrons. The van der Waals surface area contributed by atoms with Gasteiger partial charge in [0.05, 0.1) is 12.4 Å². The van der Waals surface area contributed by atoms with E-state index in [1.54, 1.807) is 6.20 Å². The highest BCUT2D eigenvalue weighted by atomic mass is 16.2. The molecular formula is C9H13N5O. The molecule has 1 atom stereocenters. The number of anilines is 2. The molecule has 2 heterocycles. The van der Waals surface area contributed by atoms with Crippen molar-refractivity contribution in [2.75, 3.05) is 23.7 Å². The van der Waals surface area contributed by atoms with Gasteiger partial charge in [0.2, 0.25) is 5.91 Å². The van der Waals surface area contributed by atoms with E-state index >= 15 is 0 Å². The topological polar surface area (TPSA) is 84.1 Å². The van der Waals surface area contributed by atoms with Crippen molar-refractivity contribution in [1.29, 1.82) is 0 Å². The molecule has 0 bridgehead atoms. The first kappa shape index (κ1) is 9.70. The predicted octanol–water partition coefficient (Wildman–Crippen LogP) is -0.617. The molecule has 1 amide bonds. The lowest BCUT2D eigenvalue weighted by Crippen LogP contribution is -2.54. The molecule has 0 saturated carbocycles. The summed E-state index contributed by atoms with van der Waals surface area (Å²) in [6.07, 6.45) is 3.08. The Morgan fingerprint density at radius 2 is 2.33 bits per heavy atom. The predicted molar refractivity (Wildman–Crippen MR) is 56.3 cm³/mol. The summed E-state index contributed by atoms with van der Waals surface area (Å²) in [7, 11) is 0. The van der Waals surface area contributed by atoms with Gasteiger partial charge in [-0.2, -0.15) is 0 Å². The number of nitrogens with two attached hydrogens (primary N) is 1. The smallest absolute Gasteiger partial charge is 0.242 e. The summed E-state index contributed by atoms with van der Waals surface area (Å²) >= 11 is 0. The Hall–Kier alpha value is -1.85. The van der Waals surface area contributed by atoms with Crippen LogP contribution in [0.2, 0.25) is 0 Å². The van der Waals surface area contributed by atoms with Crippen LogP contribution in [0.1, 0.15) is 6.92 Å². The zero-order chi connectivity index (χ0) is 10.8. The molecule has 6 nitrogen and oxygen atoms in total. The Morgan fingerprint density at radius 1 is 1.53 bits per heavy atom. The van der Waals surface area contributed by atoms with Crippen molar-refractivity contribution >= 4 is 17.5 Å². The number of nitrogen functional groups attached to an aromatic ring is 1. The maximum atomic E-state index is 11.4. The number of aromatic nitrogens is 2. The highest BCUT2D eigenvalue weighted by Crippen LogP contribution is 2.14. The van der Waals surface area contributed by atoms with Crippen LogP contribution in [0.4, 0.5) is 11.6 Å². The Morgan fingerprint density at radius 3 is 3.00 bits per heavy atom. The van der Waals surface area contributed by atoms with Gasteiger partial charge < -0.3 is 16.0 Å². The largest absolute Gasteiger partial charge is 0.382 e. The van der Waals surface area contributed by atoms with Crippen LogP contribution in [0.25, 0.3) is 0 Å². The summed E-state index contributed by atoms with van der Waals surface area (Å²) in [5.41, 5.74) is 5.45. The van der Waals surface area contributed by atoms with Crippen LogP contribution in [-0.4, -0.2) is 35.0 Å². The van der Waals surface area contributed by atoms with Crippen molar-refractivity contribution in [2.24, 2.45) is 0 Å². The van der Waals surface area contributed by atoms with Gasteiger partial charge in [-0.05, 0) is 6.92 Å². The van der Waals surface area contributed by atoms with Crippen LogP contribution in [0.5, 0.6) is 0 Å². The number of nitrogens with zero attached hydrogens (tertiary/aromatic N) is 3. The van der Waals surface area contributed by atoms with Crippen molar-refractivity contribution in [3.05, 3.63) is 12.4 Å². The summed E-state index contributed by atoms with van der Waals surface area (Å²) in [4.78, 5) is 21.4. The number of carbonyl (C=O) groups excluding carboxylic acids is 1. The molecule has 1 aliphatic rings. The minimum atomic E-state index is -0.211. The van der Waals surface area contributed by atoms with E-state index in [4.69, 9.17) is 5.73 Å². The molecule has 6 heteroatoms. The second-order valence-electron chi connectivity index (χ2n) is 3.46. The van der Waals surface area contributed by atoms with E-state index < -0.39 is 0 Å². The Labute approximate surface area is 87.5 Å². The quantitative estimate of drug-likeness (QED) is 0.641. The van der Waals surface area contributed by atoms with E-state index in [1.165, 1.54) is 6.20 Å². The SMILES string of the molecule is CC1C(=O)NCCN1c1cnc(N)cn1. The standard InChI is InChI=1S/C9H13N5O/c1-6-9(15)11-2-3-14(6)8-5-12-7(10)4-13-8/h4-6H,2-3H2,1H3,(H2,10,12)(H,11,15). The molecule has 1 unspecified atom stereocenters. The van der Waals surface area contributed by atoms with Crippen molar-refractivity contribution in [2.45, 2.75) is 13.0 Å². The zero-order valence-corrected chi connectivity index (χ0v) is 8.47. The van der Waals surface area contributed by atoms with Crippen LogP contribution in [0.15, 0.2) is 12.4 Å². The number of hydrogen-bond donors (Lipinski definition) is 2. The molecule has 1 aliphatic heterocycles. The number of piperazine rings is 1. The van der Waals surface area contributed by atoms with E-state index in [1.807, 2.05) is 11.8 Å². The van der Waals surface area contributed by atoms with E-state index in [0.29, 0.717) is 18.2 Å². The van der Waals surface area contributed by atoms with Gasteiger partial charge in [0.1, 0.15) is 17.7 Å². The maximum Gasteiger partial charge on any atom is 0.242 e. The average molecular weight is 207 g/mol. The normalized spacial score (nSPS) is 21.3. The number of hydrogen-bond acceptors (Lipinski definition) is 5. The lowest BCUT2D eigenvalue weighted by Gasteiger charge is -2.33. The first-order valence-electron chi connectivity index (χ1n) is 4.80. The number of rotatable bonds is 1. The average Bonchev–Trinajstić information content (AvgIpc) is 2.24. The Kier molecular flexibility index (Phi) is 2.40. The van der Waals surface area contributed by atoms with E-state index in [2.05, 4.69) is 15.3 Å². The summed E-state index contributed by atoms with van der Waals surface area (Å²) in [6, 6.07) is -0.211. The minimum Gasteiger partial charge on any atom is -0.382 e. The molecule has 15 heavy (non-hydrogen) atoms. The fraction of sp³-hybridized carbons (Fsp3) is 0.444. The van der Waals surface area contributed by atoms with Crippen molar-refractivity contribution < 1.29 is 4.79 Å². The number of amides is 1. The third-order valence-corrected chi connectivity index (χ3v) is 2.45. The second-order valence-corrected chi connectivity index (χ2v) is 3.46. The first-order chi connectivity index (χ1) is 7.18. The van der Waals surface area contributed by atoms with Gasteiger partial charge in [-0.1, -0.05) is 0 Å². The monoisotopic (exact) mass is 207 g/mol. The summed E-state index contributed by atoms with van der Waals surface area (Å²) in [5, 5.41) is 2.79. The summed E-state index contributed by atoms with van der Waals surface area (Å²) in [6.45, 7) is 3.22. The molecule has 1 fully saturated rings. The lowest BCUT2D eigenvalue weighted by molar-refractivity contribution is -0.122. The van der Waals surface area contributed by atoms with E-state index in [9.17, 15) is 4.79 Å². The third kappa shape index (κ3) is 1.83. The summed E-state index contributed by atoms with van der Waals surface area (Å²) in [5.74, 6) is 1.08. The molecule has 2 rings (SSSR count). The van der Waals surface area contributed by atoms with Gasteiger partial charge in [0, 0.05) is 13.1 Å². The number of carbonyl (C=O) groups is 1. The van der Waals surface area contributed by atoms with Crippen LogP contribution < -0.4 is 16.0 Å². The van der Waals surface area contributed by atoms with Crippen molar-refractivity contribution in [1.82, 2.24) is 15.3 Å². The molecule has 1 aromatic rings. The highest BCUT2D eigenvalue weighted by Gasteiger charge is 2.26. The van der Waals surface area contributed by atoms with Gasteiger partial charge in [0.25, 0.3) is 0 Å². The lowest BCUT2D eigenvalue weighted by atomic mass is 10.2. The molecule has 0 spiro atoms. The van der Waals surface area contributed by atoms with Gasteiger partial charge in [-0.25, -0.2) is 9.97 Å². The molecule has 3 N–H and O–H groups in total. The first-order valence-corrected chi connectivity index (χ1v) is 4.80. The van der Waals surface area contributed by atoms with Gasteiger partial charge >= 0.3 is 0 Å². The van der Waals surface area contributed by atoms with E-state index in [-0.39, 0.29) is 11.9 Å². The molecule has 0 aromatic carbocycles. The van der Waals surface area contributed by atoms with Crippen LogP contribution in [-0.2, 0) is 4.79 Å². The Balaban J connectivity index is 2.22. The fourth-order valence-corrected chi connectivity index (χ4v) is 1.57. The van der Waals surface area contributed by atoms with E-state index in [0.717, 1.165) is 6.54 Å². The van der Waals surface area contributed by atoms with Crippen molar-refractivity contribution in [3.8, 4) is 0 Å².